The molecule has 1 aliphatic rings. The average Bonchev–Trinajstić information content (AvgIpc) is 2.86. The van der Waals surface area contributed by atoms with Crippen LogP contribution in [0.5, 0.6) is 0 Å². The highest BCUT2D eigenvalue weighted by molar-refractivity contribution is 6.52. The first kappa shape index (κ1) is 11.4. The van der Waals surface area contributed by atoms with E-state index in [1.807, 2.05) is 6.07 Å². The highest BCUT2D eigenvalue weighted by atomic mass is 35.5. The Balaban J connectivity index is 2.21. The summed E-state index contributed by atoms with van der Waals surface area (Å²) in [6, 6.07) is 10.4. The number of pyridine rings is 1. The zero-order valence-electron chi connectivity index (χ0n) is 10.1. The molecule has 2 heterocycles. The molecule has 0 atom stereocenters. The van der Waals surface area contributed by atoms with Gasteiger partial charge >= 0.3 is 0 Å². The number of nitrogens with zero attached hydrogens (tertiary/aromatic N) is 2. The molecule has 0 radical (unpaired) electrons. The molecule has 5 heteroatoms. The van der Waals surface area contributed by atoms with E-state index in [0.29, 0.717) is 27.5 Å². The van der Waals surface area contributed by atoms with Crippen LogP contribution in [-0.2, 0) is 0 Å². The Labute approximate surface area is 118 Å². The van der Waals surface area contributed by atoms with E-state index in [2.05, 4.69) is 4.98 Å². The Kier molecular flexibility index (Phi) is 2.15. The number of fused-ring (bicyclic) bond motifs is 5. The number of hydrogen-bond acceptors (Lipinski definition) is 3. The molecule has 96 valence electrons. The van der Waals surface area contributed by atoms with Crippen LogP contribution in [0, 0.1) is 0 Å². The first-order chi connectivity index (χ1) is 9.68. The van der Waals surface area contributed by atoms with E-state index in [4.69, 9.17) is 11.6 Å². The molecule has 0 saturated carbocycles. The standard InChI is InChI=1S/C15H7ClN2O2/c16-10-6-3-7-18-12-11(17-15(10)18)8-4-1-2-5-9(8)13(19)14(12)20/h1-7H. The van der Waals surface area contributed by atoms with E-state index >= 15 is 0 Å². The van der Waals surface area contributed by atoms with Crippen LogP contribution in [0.15, 0.2) is 42.6 Å². The zero-order valence-corrected chi connectivity index (χ0v) is 10.9. The van der Waals surface area contributed by atoms with Crippen molar-refractivity contribution < 1.29 is 9.59 Å². The Bertz CT molecular complexity index is 911. The lowest BCUT2D eigenvalue weighted by Gasteiger charge is -2.13. The summed E-state index contributed by atoms with van der Waals surface area (Å²) in [5.41, 5.74) is 2.35. The lowest BCUT2D eigenvalue weighted by atomic mass is 9.90. The largest absolute Gasteiger partial charge is 0.295 e. The SMILES string of the molecule is O=C1C(=O)c2c(nc3c(Cl)cccn23)-c2ccccc21. The molecule has 20 heavy (non-hydrogen) atoms. The van der Waals surface area contributed by atoms with Gasteiger partial charge < -0.3 is 0 Å². The summed E-state index contributed by atoms with van der Waals surface area (Å²) in [6.45, 7) is 0. The van der Waals surface area contributed by atoms with E-state index in [0.717, 1.165) is 0 Å². The topological polar surface area (TPSA) is 51.4 Å². The Morgan fingerprint density at radius 3 is 2.50 bits per heavy atom. The summed E-state index contributed by atoms with van der Waals surface area (Å²) < 4.78 is 1.58. The maximum absolute atomic E-state index is 12.3. The van der Waals surface area contributed by atoms with Crippen molar-refractivity contribution in [1.82, 2.24) is 9.38 Å². The molecule has 4 rings (SSSR count). The fraction of sp³-hybridized carbons (Fsp3) is 0. The molecule has 0 saturated heterocycles. The second-order valence-corrected chi connectivity index (χ2v) is 4.97. The van der Waals surface area contributed by atoms with Gasteiger partial charge in [0.2, 0.25) is 5.78 Å². The van der Waals surface area contributed by atoms with Gasteiger partial charge in [-0.05, 0) is 12.1 Å². The zero-order chi connectivity index (χ0) is 13.9. The molecule has 0 unspecified atom stereocenters. The monoisotopic (exact) mass is 282 g/mol. The number of rotatable bonds is 0. The molecule has 0 spiro atoms. The number of benzene rings is 1. The van der Waals surface area contributed by atoms with Gasteiger partial charge in [-0.1, -0.05) is 35.9 Å². The van der Waals surface area contributed by atoms with Crippen LogP contribution in [0.3, 0.4) is 0 Å². The Morgan fingerprint density at radius 1 is 0.950 bits per heavy atom. The van der Waals surface area contributed by atoms with Crippen molar-refractivity contribution in [3.63, 3.8) is 0 Å². The molecule has 1 aromatic carbocycles. The second kappa shape index (κ2) is 3.77. The lowest BCUT2D eigenvalue weighted by molar-refractivity contribution is 0.0812. The molecule has 0 amide bonds. The lowest BCUT2D eigenvalue weighted by Crippen LogP contribution is -2.22. The second-order valence-electron chi connectivity index (χ2n) is 4.56. The fourth-order valence-electron chi connectivity index (χ4n) is 2.56. The molecule has 0 aliphatic heterocycles. The van der Waals surface area contributed by atoms with Gasteiger partial charge in [-0.25, -0.2) is 4.98 Å². The number of Topliss-reactive ketones (excluding diaryl/α,β-unsaturated/α-hetero) is 2. The molecular weight excluding hydrogens is 276 g/mol. The summed E-state index contributed by atoms with van der Waals surface area (Å²) >= 11 is 6.11. The minimum absolute atomic E-state index is 0.284. The van der Waals surface area contributed by atoms with Gasteiger partial charge in [0.15, 0.2) is 5.65 Å². The maximum atomic E-state index is 12.3. The van der Waals surface area contributed by atoms with Crippen LogP contribution in [-0.4, -0.2) is 21.0 Å². The molecule has 2 aromatic heterocycles. The maximum Gasteiger partial charge on any atom is 0.252 e. The van der Waals surface area contributed by atoms with Gasteiger partial charge in [0.05, 0.1) is 5.02 Å². The van der Waals surface area contributed by atoms with Gasteiger partial charge in [0.25, 0.3) is 5.78 Å². The van der Waals surface area contributed by atoms with Crippen molar-refractivity contribution >= 4 is 28.8 Å². The molecule has 0 N–H and O–H groups in total. The van der Waals surface area contributed by atoms with Crippen molar-refractivity contribution in [3.8, 4) is 11.3 Å². The third-order valence-electron chi connectivity index (χ3n) is 3.45. The number of carbonyl (C=O) groups excluding carboxylic acids is 2. The third-order valence-corrected chi connectivity index (χ3v) is 3.75. The number of ketones is 2. The van der Waals surface area contributed by atoms with Crippen LogP contribution < -0.4 is 0 Å². The number of imidazole rings is 1. The van der Waals surface area contributed by atoms with Crippen LogP contribution in [0.2, 0.25) is 5.02 Å². The Morgan fingerprint density at radius 2 is 1.70 bits per heavy atom. The molecule has 1 aliphatic carbocycles. The Hall–Kier alpha value is -2.46. The van der Waals surface area contributed by atoms with Gasteiger partial charge in [-0.15, -0.1) is 0 Å². The number of halogens is 1. The summed E-state index contributed by atoms with van der Waals surface area (Å²) in [6.07, 6.45) is 1.69. The first-order valence-electron chi connectivity index (χ1n) is 6.03. The van der Waals surface area contributed by atoms with E-state index in [-0.39, 0.29) is 5.69 Å². The van der Waals surface area contributed by atoms with Gasteiger partial charge in [-0.2, -0.15) is 0 Å². The van der Waals surface area contributed by atoms with E-state index in [1.54, 1.807) is 40.9 Å². The smallest absolute Gasteiger partial charge is 0.252 e. The predicted octanol–water partition coefficient (Wildman–Crippen LogP) is 3.03. The molecule has 0 bridgehead atoms. The summed E-state index contributed by atoms with van der Waals surface area (Å²) in [7, 11) is 0. The number of hydrogen-bond donors (Lipinski definition) is 0. The molecular formula is C15H7ClN2O2. The third kappa shape index (κ3) is 1.29. The highest BCUT2D eigenvalue weighted by Crippen LogP contribution is 2.34. The highest BCUT2D eigenvalue weighted by Gasteiger charge is 2.34. The minimum atomic E-state index is -0.548. The van der Waals surface area contributed by atoms with Crippen LogP contribution in [0.1, 0.15) is 20.8 Å². The van der Waals surface area contributed by atoms with Crippen molar-refractivity contribution in [2.24, 2.45) is 0 Å². The van der Waals surface area contributed by atoms with Gasteiger partial charge in [-0.3, -0.25) is 14.0 Å². The number of carbonyl (C=O) groups is 2. The molecule has 4 nitrogen and oxygen atoms in total. The molecule has 3 aromatic rings. The summed E-state index contributed by atoms with van der Waals surface area (Å²) in [4.78, 5) is 28.9. The van der Waals surface area contributed by atoms with Gasteiger partial charge in [0, 0.05) is 17.3 Å². The quantitative estimate of drug-likeness (QED) is 0.596. The van der Waals surface area contributed by atoms with Crippen molar-refractivity contribution in [1.29, 1.82) is 0 Å². The van der Waals surface area contributed by atoms with Crippen molar-refractivity contribution in [2.75, 3.05) is 0 Å². The summed E-state index contributed by atoms with van der Waals surface area (Å²) in [5.74, 6) is -1.05. The summed E-state index contributed by atoms with van der Waals surface area (Å²) in [5, 5.41) is 0.444. The number of aromatic nitrogens is 2. The predicted molar refractivity (Wildman–Crippen MR) is 74.3 cm³/mol. The first-order valence-corrected chi connectivity index (χ1v) is 6.41. The van der Waals surface area contributed by atoms with E-state index in [1.165, 1.54) is 0 Å². The van der Waals surface area contributed by atoms with Crippen LogP contribution in [0.4, 0.5) is 0 Å². The van der Waals surface area contributed by atoms with E-state index < -0.39 is 11.6 Å². The molecule has 0 fully saturated rings. The van der Waals surface area contributed by atoms with Crippen molar-refractivity contribution in [3.05, 3.63) is 58.9 Å². The normalized spacial score (nSPS) is 13.4. The van der Waals surface area contributed by atoms with Crippen LogP contribution >= 0.6 is 11.6 Å². The van der Waals surface area contributed by atoms with E-state index in [9.17, 15) is 9.59 Å². The minimum Gasteiger partial charge on any atom is -0.295 e. The average molecular weight is 283 g/mol. The van der Waals surface area contributed by atoms with Crippen molar-refractivity contribution in [2.45, 2.75) is 0 Å². The van der Waals surface area contributed by atoms with Gasteiger partial charge in [0.1, 0.15) is 11.4 Å². The fourth-order valence-corrected chi connectivity index (χ4v) is 2.76. The van der Waals surface area contributed by atoms with Crippen LogP contribution in [0.25, 0.3) is 16.9 Å².